The highest BCUT2D eigenvalue weighted by atomic mass is 16.3. The number of nitrogens with one attached hydrogen (secondary N) is 1. The summed E-state index contributed by atoms with van der Waals surface area (Å²) >= 11 is 0. The van der Waals surface area contributed by atoms with Crippen LogP contribution in [0.25, 0.3) is 22.1 Å². The number of furan rings is 1. The van der Waals surface area contributed by atoms with Crippen LogP contribution in [0.4, 0.5) is 5.82 Å². The smallest absolute Gasteiger partial charge is 0.196 e. The largest absolute Gasteiger partial charge is 0.450 e. The molecule has 0 aliphatic rings. The molecule has 0 saturated carbocycles. The van der Waals surface area contributed by atoms with E-state index in [4.69, 9.17) is 9.52 Å². The molecule has 0 atom stereocenters. The van der Waals surface area contributed by atoms with Gasteiger partial charge in [-0.3, -0.25) is 4.90 Å². The molecule has 1 aromatic carbocycles. The monoisotopic (exact) mass is 300 g/mol. The molecular weight excluding hydrogens is 280 g/mol. The summed E-state index contributed by atoms with van der Waals surface area (Å²) in [6, 6.07) is 7.85. The Labute approximate surface area is 128 Å². The van der Waals surface area contributed by atoms with Crippen molar-refractivity contribution >= 4 is 27.9 Å². The van der Waals surface area contributed by atoms with Gasteiger partial charge in [0.05, 0.1) is 6.61 Å². The fourth-order valence-electron chi connectivity index (χ4n) is 2.55. The van der Waals surface area contributed by atoms with Crippen molar-refractivity contribution < 1.29 is 9.52 Å². The van der Waals surface area contributed by atoms with E-state index >= 15 is 0 Å². The first kappa shape index (κ1) is 14.7. The van der Waals surface area contributed by atoms with E-state index in [0.717, 1.165) is 36.1 Å². The van der Waals surface area contributed by atoms with Crippen molar-refractivity contribution in [2.45, 2.75) is 6.92 Å². The number of anilines is 1. The second-order valence-electron chi connectivity index (χ2n) is 5.08. The number of rotatable bonds is 7. The number of hydrogen-bond donors (Lipinski definition) is 2. The van der Waals surface area contributed by atoms with Gasteiger partial charge in [-0.2, -0.15) is 0 Å². The second-order valence-corrected chi connectivity index (χ2v) is 5.08. The van der Waals surface area contributed by atoms with Gasteiger partial charge in [0.2, 0.25) is 0 Å². The maximum Gasteiger partial charge on any atom is 0.196 e. The summed E-state index contributed by atoms with van der Waals surface area (Å²) in [5.74, 6) is 0.709. The predicted octanol–water partition coefficient (Wildman–Crippen LogP) is 2.10. The number of aliphatic hydroxyl groups is 1. The lowest BCUT2D eigenvalue weighted by atomic mass is 10.2. The molecule has 22 heavy (non-hydrogen) atoms. The molecule has 0 radical (unpaired) electrons. The lowest BCUT2D eigenvalue weighted by molar-refractivity contribution is 0.206. The van der Waals surface area contributed by atoms with Crippen molar-refractivity contribution in [2.24, 2.45) is 0 Å². The standard InChI is InChI=1S/C16H20N4O2/c1-2-20(9-10-21)8-7-17-16-15-14(18-11-19-16)12-5-3-4-6-13(12)22-15/h3-6,11,21H,2,7-10H2,1H3,(H,17,18,19). The Kier molecular flexibility index (Phi) is 4.50. The van der Waals surface area contributed by atoms with Gasteiger partial charge in [0.15, 0.2) is 11.4 Å². The maximum atomic E-state index is 9.01. The number of nitrogens with zero attached hydrogens (tertiary/aromatic N) is 3. The molecule has 0 spiro atoms. The van der Waals surface area contributed by atoms with Gasteiger partial charge >= 0.3 is 0 Å². The molecule has 6 nitrogen and oxygen atoms in total. The second kappa shape index (κ2) is 6.72. The molecule has 3 aromatic rings. The summed E-state index contributed by atoms with van der Waals surface area (Å²) in [6.07, 6.45) is 1.55. The summed E-state index contributed by atoms with van der Waals surface area (Å²) in [5, 5.41) is 13.3. The highest BCUT2D eigenvalue weighted by Crippen LogP contribution is 2.29. The molecule has 0 aliphatic heterocycles. The number of hydrogen-bond acceptors (Lipinski definition) is 6. The van der Waals surface area contributed by atoms with Crippen LogP contribution >= 0.6 is 0 Å². The van der Waals surface area contributed by atoms with Gasteiger partial charge in [0, 0.05) is 25.0 Å². The lowest BCUT2D eigenvalue weighted by Gasteiger charge is -2.19. The zero-order valence-corrected chi connectivity index (χ0v) is 12.6. The van der Waals surface area contributed by atoms with E-state index < -0.39 is 0 Å². The number of aromatic nitrogens is 2. The minimum atomic E-state index is 0.176. The number of aliphatic hydroxyl groups excluding tert-OH is 1. The molecule has 0 unspecified atom stereocenters. The predicted molar refractivity (Wildman–Crippen MR) is 87.0 cm³/mol. The average molecular weight is 300 g/mol. The summed E-state index contributed by atoms with van der Waals surface area (Å²) in [6.45, 7) is 5.42. The SMILES string of the molecule is CCN(CCO)CCNc1ncnc2c1oc1ccccc12. The Morgan fingerprint density at radius 3 is 2.91 bits per heavy atom. The van der Waals surface area contributed by atoms with Crippen molar-refractivity contribution in [3.05, 3.63) is 30.6 Å². The molecule has 0 saturated heterocycles. The third kappa shape index (κ3) is 2.88. The number of benzene rings is 1. The van der Waals surface area contributed by atoms with Crippen LogP contribution in [0.3, 0.4) is 0 Å². The highest BCUT2D eigenvalue weighted by Gasteiger charge is 2.12. The average Bonchev–Trinajstić information content (AvgIpc) is 2.93. The lowest BCUT2D eigenvalue weighted by Crippen LogP contribution is -2.31. The van der Waals surface area contributed by atoms with Gasteiger partial charge in [0.1, 0.15) is 17.4 Å². The number of para-hydroxylation sites is 1. The van der Waals surface area contributed by atoms with Gasteiger partial charge in [-0.25, -0.2) is 9.97 Å². The summed E-state index contributed by atoms with van der Waals surface area (Å²) in [7, 11) is 0. The highest BCUT2D eigenvalue weighted by molar-refractivity contribution is 6.05. The van der Waals surface area contributed by atoms with E-state index in [1.54, 1.807) is 6.33 Å². The Bertz CT molecular complexity index is 756. The van der Waals surface area contributed by atoms with Gasteiger partial charge < -0.3 is 14.8 Å². The van der Waals surface area contributed by atoms with Gasteiger partial charge in [-0.05, 0) is 18.7 Å². The topological polar surface area (TPSA) is 74.4 Å². The first-order valence-electron chi connectivity index (χ1n) is 7.52. The third-order valence-corrected chi connectivity index (χ3v) is 3.74. The van der Waals surface area contributed by atoms with E-state index in [9.17, 15) is 0 Å². The van der Waals surface area contributed by atoms with Gasteiger partial charge in [-0.15, -0.1) is 0 Å². The van der Waals surface area contributed by atoms with Crippen molar-refractivity contribution in [1.82, 2.24) is 14.9 Å². The molecule has 3 rings (SSSR count). The van der Waals surface area contributed by atoms with E-state index in [0.29, 0.717) is 17.9 Å². The molecule has 2 heterocycles. The Balaban J connectivity index is 1.79. The molecule has 2 aromatic heterocycles. The Morgan fingerprint density at radius 2 is 2.09 bits per heavy atom. The molecule has 0 amide bonds. The maximum absolute atomic E-state index is 9.01. The molecule has 6 heteroatoms. The fraction of sp³-hybridized carbons (Fsp3) is 0.375. The van der Waals surface area contributed by atoms with Crippen molar-refractivity contribution in [1.29, 1.82) is 0 Å². The zero-order chi connectivity index (χ0) is 15.4. The molecule has 116 valence electrons. The summed E-state index contributed by atoms with van der Waals surface area (Å²) in [5.41, 5.74) is 2.33. The summed E-state index contributed by atoms with van der Waals surface area (Å²) < 4.78 is 5.87. The Hall–Kier alpha value is -2.18. The van der Waals surface area contributed by atoms with Gasteiger partial charge in [-0.1, -0.05) is 19.1 Å². The van der Waals surface area contributed by atoms with Crippen LogP contribution in [0, 0.1) is 0 Å². The van der Waals surface area contributed by atoms with Crippen LogP contribution in [0.1, 0.15) is 6.92 Å². The van der Waals surface area contributed by atoms with E-state index in [-0.39, 0.29) is 6.61 Å². The minimum absolute atomic E-state index is 0.176. The van der Waals surface area contributed by atoms with Crippen LogP contribution in [-0.2, 0) is 0 Å². The molecule has 0 fully saturated rings. The molecule has 2 N–H and O–H groups in total. The zero-order valence-electron chi connectivity index (χ0n) is 12.6. The van der Waals surface area contributed by atoms with Crippen LogP contribution < -0.4 is 5.32 Å². The minimum Gasteiger partial charge on any atom is -0.450 e. The molecule has 0 aliphatic carbocycles. The number of likely N-dealkylation sites (N-methyl/N-ethyl adjacent to an activating group) is 1. The van der Waals surface area contributed by atoms with Crippen LogP contribution in [-0.4, -0.2) is 52.8 Å². The first-order valence-corrected chi connectivity index (χ1v) is 7.52. The van der Waals surface area contributed by atoms with Gasteiger partial charge in [0.25, 0.3) is 0 Å². The first-order chi connectivity index (χ1) is 10.8. The normalized spacial score (nSPS) is 11.6. The fourth-order valence-corrected chi connectivity index (χ4v) is 2.55. The van der Waals surface area contributed by atoms with Crippen LogP contribution in [0.2, 0.25) is 0 Å². The van der Waals surface area contributed by atoms with Crippen molar-refractivity contribution in [2.75, 3.05) is 38.1 Å². The summed E-state index contributed by atoms with van der Waals surface area (Å²) in [4.78, 5) is 10.8. The Morgan fingerprint density at radius 1 is 1.23 bits per heavy atom. The quantitative estimate of drug-likeness (QED) is 0.696. The number of fused-ring (bicyclic) bond motifs is 3. The van der Waals surface area contributed by atoms with Crippen LogP contribution in [0.15, 0.2) is 35.0 Å². The molecular formula is C16H20N4O2. The van der Waals surface area contributed by atoms with Crippen molar-refractivity contribution in [3.8, 4) is 0 Å². The van der Waals surface area contributed by atoms with Crippen molar-refractivity contribution in [3.63, 3.8) is 0 Å². The van der Waals surface area contributed by atoms with Crippen LogP contribution in [0.5, 0.6) is 0 Å². The van der Waals surface area contributed by atoms with E-state index in [1.807, 2.05) is 24.3 Å². The molecule has 0 bridgehead atoms. The van der Waals surface area contributed by atoms with E-state index in [2.05, 4.69) is 27.1 Å². The third-order valence-electron chi connectivity index (χ3n) is 3.74. The van der Waals surface area contributed by atoms with E-state index in [1.165, 1.54) is 0 Å².